The molecule has 0 saturated heterocycles. The second kappa shape index (κ2) is 8.82. The minimum atomic E-state index is -0.434. The molecule has 1 amide bonds. The zero-order valence-electron chi connectivity index (χ0n) is 18.0. The van der Waals surface area contributed by atoms with Gasteiger partial charge in [-0.2, -0.15) is 10.4 Å². The maximum Gasteiger partial charge on any atom is 0.307 e. The number of amides is 1. The smallest absolute Gasteiger partial charge is 0.307 e. The van der Waals surface area contributed by atoms with Crippen molar-refractivity contribution >= 4 is 23.1 Å². The molecule has 32 heavy (non-hydrogen) atoms. The Bertz CT molecular complexity index is 1350. The molecule has 7 heteroatoms. The van der Waals surface area contributed by atoms with Crippen LogP contribution in [0.3, 0.4) is 0 Å². The molecule has 160 valence electrons. The fraction of sp³-hybridized carbons (Fsp3) is 0.160. The highest BCUT2D eigenvalue weighted by Crippen LogP contribution is 2.24. The first-order valence-electron chi connectivity index (χ1n) is 10.2. The van der Waals surface area contributed by atoms with Crippen LogP contribution in [0, 0.1) is 25.2 Å². The van der Waals surface area contributed by atoms with Gasteiger partial charge in [0.25, 0.3) is 0 Å². The maximum absolute atomic E-state index is 12.5. The highest BCUT2D eigenvalue weighted by Gasteiger charge is 2.13. The van der Waals surface area contributed by atoms with E-state index in [0.717, 1.165) is 33.8 Å². The summed E-state index contributed by atoms with van der Waals surface area (Å²) in [5.41, 5.74) is 7.55. The Morgan fingerprint density at radius 1 is 1.19 bits per heavy atom. The van der Waals surface area contributed by atoms with Crippen molar-refractivity contribution in [2.75, 3.05) is 6.61 Å². The standard InChI is InChI=1S/C25H22N4O3/c1-4-31-22-9-10-23-19(12-22)13-24(32-23)25(30)28-27-15-20-11-16(2)29(17(20)3)21-7-5-18(14-26)6-8-21/h5-13,15H,4H2,1-3H3,(H,28,30)/b27-15+. The third-order valence-corrected chi connectivity index (χ3v) is 5.12. The van der Waals surface area contributed by atoms with E-state index in [1.165, 1.54) is 0 Å². The van der Waals surface area contributed by atoms with Crippen LogP contribution in [-0.4, -0.2) is 23.3 Å². The van der Waals surface area contributed by atoms with Gasteiger partial charge in [-0.15, -0.1) is 0 Å². The fourth-order valence-corrected chi connectivity index (χ4v) is 3.61. The molecule has 2 aromatic heterocycles. The van der Waals surface area contributed by atoms with Crippen LogP contribution < -0.4 is 10.2 Å². The van der Waals surface area contributed by atoms with E-state index in [2.05, 4.69) is 21.2 Å². The summed E-state index contributed by atoms with van der Waals surface area (Å²) in [4.78, 5) is 12.5. The van der Waals surface area contributed by atoms with Gasteiger partial charge in [-0.1, -0.05) is 0 Å². The number of aryl methyl sites for hydroxylation is 1. The third-order valence-electron chi connectivity index (χ3n) is 5.12. The average molecular weight is 426 g/mol. The van der Waals surface area contributed by atoms with E-state index in [1.54, 1.807) is 36.5 Å². The van der Waals surface area contributed by atoms with Gasteiger partial charge >= 0.3 is 5.91 Å². The van der Waals surface area contributed by atoms with Gasteiger partial charge in [0.05, 0.1) is 24.5 Å². The number of nitrogens with zero attached hydrogens (tertiary/aromatic N) is 3. The molecule has 2 heterocycles. The van der Waals surface area contributed by atoms with Gasteiger partial charge in [0.15, 0.2) is 5.76 Å². The molecular formula is C25H22N4O3. The van der Waals surface area contributed by atoms with E-state index in [9.17, 15) is 4.79 Å². The zero-order chi connectivity index (χ0) is 22.7. The van der Waals surface area contributed by atoms with Crippen molar-refractivity contribution in [1.82, 2.24) is 9.99 Å². The van der Waals surface area contributed by atoms with E-state index in [-0.39, 0.29) is 5.76 Å². The molecule has 0 aliphatic rings. The zero-order valence-corrected chi connectivity index (χ0v) is 18.0. The lowest BCUT2D eigenvalue weighted by Gasteiger charge is -2.09. The van der Waals surface area contributed by atoms with E-state index < -0.39 is 5.91 Å². The Balaban J connectivity index is 1.49. The van der Waals surface area contributed by atoms with Gasteiger partial charge in [-0.3, -0.25) is 4.79 Å². The van der Waals surface area contributed by atoms with Crippen LogP contribution in [0.4, 0.5) is 0 Å². The average Bonchev–Trinajstić information content (AvgIpc) is 3.34. The predicted molar refractivity (Wildman–Crippen MR) is 122 cm³/mol. The molecule has 0 fully saturated rings. The summed E-state index contributed by atoms with van der Waals surface area (Å²) >= 11 is 0. The molecule has 0 radical (unpaired) electrons. The predicted octanol–water partition coefficient (Wildman–Crippen LogP) is 4.87. The molecule has 0 atom stereocenters. The minimum Gasteiger partial charge on any atom is -0.494 e. The Morgan fingerprint density at radius 2 is 1.97 bits per heavy atom. The van der Waals surface area contributed by atoms with Crippen molar-refractivity contribution in [2.45, 2.75) is 20.8 Å². The molecule has 0 bridgehead atoms. The van der Waals surface area contributed by atoms with Crippen LogP contribution >= 0.6 is 0 Å². The SMILES string of the molecule is CCOc1ccc2oc(C(=O)N/N=C/c3cc(C)n(-c4ccc(C#N)cc4)c3C)cc2c1. The molecular weight excluding hydrogens is 404 g/mol. The van der Waals surface area contributed by atoms with Crippen LogP contribution in [0.2, 0.25) is 0 Å². The largest absolute Gasteiger partial charge is 0.494 e. The van der Waals surface area contributed by atoms with Gasteiger partial charge in [0.1, 0.15) is 11.3 Å². The summed E-state index contributed by atoms with van der Waals surface area (Å²) in [7, 11) is 0. The lowest BCUT2D eigenvalue weighted by molar-refractivity contribution is 0.0929. The fourth-order valence-electron chi connectivity index (χ4n) is 3.61. The number of ether oxygens (including phenoxy) is 1. The van der Waals surface area contributed by atoms with Gasteiger partial charge in [-0.25, -0.2) is 5.43 Å². The second-order valence-corrected chi connectivity index (χ2v) is 7.26. The second-order valence-electron chi connectivity index (χ2n) is 7.26. The highest BCUT2D eigenvalue weighted by molar-refractivity contribution is 5.96. The normalized spacial score (nSPS) is 11.1. The molecule has 4 rings (SSSR count). The van der Waals surface area contributed by atoms with Crippen molar-refractivity contribution in [3.05, 3.63) is 82.9 Å². The number of carbonyl (C=O) groups is 1. The number of hydrogen-bond donors (Lipinski definition) is 1. The van der Waals surface area contributed by atoms with E-state index in [1.807, 2.05) is 45.0 Å². The number of rotatable bonds is 6. The van der Waals surface area contributed by atoms with E-state index >= 15 is 0 Å². The molecule has 2 aromatic carbocycles. The number of furan rings is 1. The van der Waals surface area contributed by atoms with E-state index in [0.29, 0.717) is 17.8 Å². The molecule has 7 nitrogen and oxygen atoms in total. The number of hydrogen-bond acceptors (Lipinski definition) is 5. The number of nitrogens with one attached hydrogen (secondary N) is 1. The molecule has 1 N–H and O–H groups in total. The third kappa shape index (κ3) is 4.12. The number of carbonyl (C=O) groups excluding carboxylic acids is 1. The van der Waals surface area contributed by atoms with Gasteiger partial charge in [0, 0.05) is 28.0 Å². The molecule has 0 aliphatic carbocycles. The van der Waals surface area contributed by atoms with Crippen molar-refractivity contribution in [3.8, 4) is 17.5 Å². The first-order valence-corrected chi connectivity index (χ1v) is 10.2. The summed E-state index contributed by atoms with van der Waals surface area (Å²) in [6.45, 7) is 6.45. The van der Waals surface area contributed by atoms with Crippen LogP contribution in [0.25, 0.3) is 16.7 Å². The minimum absolute atomic E-state index is 0.175. The maximum atomic E-state index is 12.5. The van der Waals surface area contributed by atoms with Gasteiger partial charge < -0.3 is 13.7 Å². The Labute approximate surface area is 185 Å². The van der Waals surface area contributed by atoms with Gasteiger partial charge in [-0.05, 0) is 75.4 Å². The number of nitriles is 1. The molecule has 0 spiro atoms. The van der Waals surface area contributed by atoms with Crippen LogP contribution in [-0.2, 0) is 0 Å². The number of aromatic nitrogens is 1. The quantitative estimate of drug-likeness (QED) is 0.351. The number of benzene rings is 2. The van der Waals surface area contributed by atoms with Crippen molar-refractivity contribution in [1.29, 1.82) is 5.26 Å². The topological polar surface area (TPSA) is 92.5 Å². The van der Waals surface area contributed by atoms with Crippen molar-refractivity contribution < 1.29 is 13.9 Å². The van der Waals surface area contributed by atoms with Crippen molar-refractivity contribution in [3.63, 3.8) is 0 Å². The van der Waals surface area contributed by atoms with Crippen LogP contribution in [0.5, 0.6) is 5.75 Å². The first kappa shape index (κ1) is 20.9. The van der Waals surface area contributed by atoms with Crippen LogP contribution in [0.1, 0.15) is 40.0 Å². The summed E-state index contributed by atoms with van der Waals surface area (Å²) < 4.78 is 13.2. The Kier molecular flexibility index (Phi) is 5.77. The first-order chi connectivity index (χ1) is 15.5. The summed E-state index contributed by atoms with van der Waals surface area (Å²) in [6, 6.07) is 18.6. The lowest BCUT2D eigenvalue weighted by atomic mass is 10.2. The van der Waals surface area contributed by atoms with Gasteiger partial charge in [0.2, 0.25) is 0 Å². The highest BCUT2D eigenvalue weighted by atomic mass is 16.5. The van der Waals surface area contributed by atoms with Crippen LogP contribution in [0.15, 0.2) is 64.1 Å². The molecule has 0 unspecified atom stereocenters. The Morgan fingerprint density at radius 3 is 2.69 bits per heavy atom. The molecule has 0 saturated carbocycles. The van der Waals surface area contributed by atoms with E-state index in [4.69, 9.17) is 14.4 Å². The number of fused-ring (bicyclic) bond motifs is 1. The summed E-state index contributed by atoms with van der Waals surface area (Å²) in [5, 5.41) is 13.9. The summed E-state index contributed by atoms with van der Waals surface area (Å²) in [5.74, 6) is 0.466. The molecule has 0 aliphatic heterocycles. The van der Waals surface area contributed by atoms with Crippen molar-refractivity contribution in [2.24, 2.45) is 5.10 Å². The summed E-state index contributed by atoms with van der Waals surface area (Å²) in [6.07, 6.45) is 1.61. The Hall–Kier alpha value is -4.31. The number of hydrazone groups is 1. The molecule has 4 aromatic rings. The monoisotopic (exact) mass is 426 g/mol. The lowest BCUT2D eigenvalue weighted by Crippen LogP contribution is -2.16.